The summed E-state index contributed by atoms with van der Waals surface area (Å²) < 4.78 is 14.0. The van der Waals surface area contributed by atoms with Crippen LogP contribution in [0.3, 0.4) is 0 Å². The molecule has 0 spiro atoms. The summed E-state index contributed by atoms with van der Waals surface area (Å²) in [5.74, 6) is 0.100. The van der Waals surface area contributed by atoms with Gasteiger partial charge in [0.1, 0.15) is 5.82 Å². The summed E-state index contributed by atoms with van der Waals surface area (Å²) in [5, 5.41) is 3.02. The third kappa shape index (κ3) is 6.45. The highest BCUT2D eigenvalue weighted by Gasteiger charge is 2.05. The smallest absolute Gasteiger partial charge is 0.193 e. The molecule has 0 amide bonds. The van der Waals surface area contributed by atoms with Gasteiger partial charge in [-0.1, -0.05) is 29.8 Å². The van der Waals surface area contributed by atoms with Crippen LogP contribution in [0, 0.1) is 12.7 Å². The second kappa shape index (κ2) is 9.58. The average Bonchev–Trinajstić information content (AvgIpc) is 2.50. The first kappa shape index (κ1) is 20.4. The van der Waals surface area contributed by atoms with E-state index in [4.69, 9.17) is 5.73 Å². The molecule has 6 heteroatoms. The third-order valence-corrected chi connectivity index (χ3v) is 3.36. The zero-order chi connectivity index (χ0) is 16.8. The molecule has 3 N–H and O–H groups in total. The largest absolute Gasteiger partial charge is 0.370 e. The summed E-state index contributed by atoms with van der Waals surface area (Å²) in [6.45, 7) is 2.94. The van der Waals surface area contributed by atoms with Gasteiger partial charge in [-0.25, -0.2) is 9.38 Å². The molecule has 0 aliphatic heterocycles. The fourth-order valence-corrected chi connectivity index (χ4v) is 2.16. The van der Waals surface area contributed by atoms with Crippen molar-refractivity contribution in [3.8, 4) is 0 Å². The molecule has 2 aromatic rings. The summed E-state index contributed by atoms with van der Waals surface area (Å²) >= 11 is 0. The van der Waals surface area contributed by atoms with E-state index in [0.717, 1.165) is 11.3 Å². The first-order valence-corrected chi connectivity index (χ1v) is 7.49. The maximum absolute atomic E-state index is 14.0. The number of halogens is 2. The number of benzene rings is 2. The Morgan fingerprint density at radius 2 is 1.83 bits per heavy atom. The maximum Gasteiger partial charge on any atom is 0.193 e. The number of nitrogens with two attached hydrogens (primary N) is 1. The first-order valence-electron chi connectivity index (χ1n) is 7.49. The number of hydrogen-bond acceptors (Lipinski definition) is 2. The number of nitrogens with one attached hydrogen (secondary N) is 1. The van der Waals surface area contributed by atoms with Gasteiger partial charge in [-0.15, -0.1) is 24.0 Å². The van der Waals surface area contributed by atoms with Gasteiger partial charge in [0.15, 0.2) is 5.96 Å². The maximum atomic E-state index is 14.0. The van der Waals surface area contributed by atoms with E-state index in [2.05, 4.69) is 10.3 Å². The highest BCUT2D eigenvalue weighted by molar-refractivity contribution is 14.0. The van der Waals surface area contributed by atoms with Crippen molar-refractivity contribution in [2.24, 2.45) is 10.7 Å². The van der Waals surface area contributed by atoms with Gasteiger partial charge < -0.3 is 16.0 Å². The van der Waals surface area contributed by atoms with E-state index >= 15 is 0 Å². The minimum absolute atomic E-state index is 0. The van der Waals surface area contributed by atoms with E-state index in [1.54, 1.807) is 6.07 Å². The molecule has 4 nitrogen and oxygen atoms in total. The number of anilines is 1. The molecule has 0 saturated carbocycles. The van der Waals surface area contributed by atoms with Gasteiger partial charge in [0.05, 0.1) is 6.54 Å². The zero-order valence-electron chi connectivity index (χ0n) is 14.2. The average molecular weight is 442 g/mol. The van der Waals surface area contributed by atoms with Gasteiger partial charge in [-0.05, 0) is 44.8 Å². The molecular formula is C18H24FIN4. The predicted octanol–water partition coefficient (Wildman–Crippen LogP) is 3.74. The molecule has 0 aromatic heterocycles. The van der Waals surface area contributed by atoms with Crippen LogP contribution in [0.25, 0.3) is 0 Å². The van der Waals surface area contributed by atoms with Crippen LogP contribution in [0.15, 0.2) is 47.5 Å². The van der Waals surface area contributed by atoms with Crippen LogP contribution in [0.4, 0.5) is 10.1 Å². The van der Waals surface area contributed by atoms with Gasteiger partial charge in [-0.2, -0.15) is 0 Å². The molecule has 2 aromatic carbocycles. The molecule has 0 atom stereocenters. The Balaban J connectivity index is 0.00000288. The van der Waals surface area contributed by atoms with Crippen molar-refractivity contribution in [2.75, 3.05) is 19.4 Å². The summed E-state index contributed by atoms with van der Waals surface area (Å²) in [7, 11) is 3.82. The highest BCUT2D eigenvalue weighted by Crippen LogP contribution is 2.13. The van der Waals surface area contributed by atoms with E-state index in [0.29, 0.717) is 24.6 Å². The van der Waals surface area contributed by atoms with Gasteiger partial charge in [0, 0.05) is 17.8 Å². The van der Waals surface area contributed by atoms with E-state index in [-0.39, 0.29) is 29.8 Å². The van der Waals surface area contributed by atoms with E-state index in [1.165, 1.54) is 11.6 Å². The Kier molecular flexibility index (Phi) is 8.14. The van der Waals surface area contributed by atoms with Crippen molar-refractivity contribution in [3.05, 3.63) is 65.0 Å². The van der Waals surface area contributed by atoms with Crippen molar-refractivity contribution in [2.45, 2.75) is 20.0 Å². The predicted molar refractivity (Wildman–Crippen MR) is 109 cm³/mol. The fourth-order valence-electron chi connectivity index (χ4n) is 2.16. The first-order chi connectivity index (χ1) is 10.9. The van der Waals surface area contributed by atoms with Gasteiger partial charge >= 0.3 is 0 Å². The molecule has 130 valence electrons. The Morgan fingerprint density at radius 3 is 2.42 bits per heavy atom. The summed E-state index contributed by atoms with van der Waals surface area (Å²) in [4.78, 5) is 6.18. The lowest BCUT2D eigenvalue weighted by Crippen LogP contribution is -2.22. The Labute approximate surface area is 160 Å². The van der Waals surface area contributed by atoms with E-state index in [1.807, 2.05) is 56.3 Å². The molecule has 0 aliphatic rings. The second-order valence-electron chi connectivity index (χ2n) is 5.86. The summed E-state index contributed by atoms with van der Waals surface area (Å²) in [6.07, 6.45) is 0. The number of rotatable bonds is 5. The lowest BCUT2D eigenvalue weighted by Gasteiger charge is -2.11. The van der Waals surface area contributed by atoms with Crippen LogP contribution in [-0.2, 0) is 13.1 Å². The molecule has 0 radical (unpaired) electrons. The van der Waals surface area contributed by atoms with Crippen molar-refractivity contribution in [1.29, 1.82) is 0 Å². The summed E-state index contributed by atoms with van der Waals surface area (Å²) in [6, 6.07) is 13.1. The van der Waals surface area contributed by atoms with Crippen molar-refractivity contribution in [3.63, 3.8) is 0 Å². The van der Waals surface area contributed by atoms with Gasteiger partial charge in [-0.3, -0.25) is 0 Å². The topological polar surface area (TPSA) is 53.6 Å². The molecule has 0 fully saturated rings. The molecule has 0 bridgehead atoms. The van der Waals surface area contributed by atoms with Crippen LogP contribution < -0.4 is 11.1 Å². The zero-order valence-corrected chi connectivity index (χ0v) is 16.5. The molecule has 0 unspecified atom stereocenters. The molecule has 0 aliphatic carbocycles. The molecule has 0 heterocycles. The monoisotopic (exact) mass is 442 g/mol. The Bertz CT molecular complexity index is 684. The van der Waals surface area contributed by atoms with Crippen LogP contribution in [0.5, 0.6) is 0 Å². The normalized spacial score (nSPS) is 11.3. The Morgan fingerprint density at radius 1 is 1.17 bits per heavy atom. The van der Waals surface area contributed by atoms with Crippen molar-refractivity contribution >= 4 is 35.6 Å². The second-order valence-corrected chi connectivity index (χ2v) is 5.86. The van der Waals surface area contributed by atoms with E-state index < -0.39 is 0 Å². The minimum atomic E-state index is -0.212. The molecule has 0 saturated heterocycles. The standard InChI is InChI=1S/C18H23FN4.HI/c1-13-4-8-16(9-5-13)22-18(20)21-11-14-6-7-15(12-23(2)3)17(19)10-14;/h4-10H,11-12H2,1-3H3,(H3,20,21,22);1H. The van der Waals surface area contributed by atoms with E-state index in [9.17, 15) is 4.39 Å². The SMILES string of the molecule is Cc1ccc(NC(N)=NCc2ccc(CN(C)C)c(F)c2)cc1.I. The highest BCUT2D eigenvalue weighted by atomic mass is 127. The number of aliphatic imine (C=N–C) groups is 1. The van der Waals surface area contributed by atoms with Gasteiger partial charge in [0.25, 0.3) is 0 Å². The van der Waals surface area contributed by atoms with Crippen molar-refractivity contribution < 1.29 is 4.39 Å². The van der Waals surface area contributed by atoms with Crippen LogP contribution in [0.1, 0.15) is 16.7 Å². The third-order valence-electron chi connectivity index (χ3n) is 3.36. The molecule has 24 heavy (non-hydrogen) atoms. The molecular weight excluding hydrogens is 418 g/mol. The number of guanidine groups is 1. The number of nitrogens with zero attached hydrogens (tertiary/aromatic N) is 2. The minimum Gasteiger partial charge on any atom is -0.370 e. The van der Waals surface area contributed by atoms with Crippen molar-refractivity contribution in [1.82, 2.24) is 4.90 Å². The fraction of sp³-hybridized carbons (Fsp3) is 0.278. The number of aryl methyl sites for hydroxylation is 1. The Hall–Kier alpha value is -1.67. The molecule has 2 rings (SSSR count). The van der Waals surface area contributed by atoms with Gasteiger partial charge in [0.2, 0.25) is 0 Å². The number of hydrogen-bond donors (Lipinski definition) is 2. The quantitative estimate of drug-likeness (QED) is 0.422. The van der Waals surface area contributed by atoms with Crippen LogP contribution in [-0.4, -0.2) is 25.0 Å². The lowest BCUT2D eigenvalue weighted by atomic mass is 10.1. The lowest BCUT2D eigenvalue weighted by molar-refractivity contribution is 0.392. The van der Waals surface area contributed by atoms with Crippen LogP contribution >= 0.6 is 24.0 Å². The summed E-state index contributed by atoms with van der Waals surface area (Å²) in [5.41, 5.74) is 9.39. The van der Waals surface area contributed by atoms with Crippen LogP contribution in [0.2, 0.25) is 0 Å².